The number of halogens is 1. The van der Waals surface area contributed by atoms with Crippen molar-refractivity contribution in [3.8, 4) is 0 Å². The maximum atomic E-state index is 5.90. The van der Waals surface area contributed by atoms with Crippen LogP contribution in [0.1, 0.15) is 24.3 Å². The van der Waals surface area contributed by atoms with Crippen LogP contribution in [0, 0.1) is 0 Å². The van der Waals surface area contributed by atoms with E-state index in [1.807, 2.05) is 0 Å². The first kappa shape index (κ1) is 12.6. The summed E-state index contributed by atoms with van der Waals surface area (Å²) in [7, 11) is 0. The summed E-state index contributed by atoms with van der Waals surface area (Å²) in [4.78, 5) is 2.59. The third-order valence-electron chi connectivity index (χ3n) is 4.06. The molecule has 18 heavy (non-hydrogen) atoms. The number of hydrogen-bond acceptors (Lipinski definition) is 2. The first-order chi connectivity index (χ1) is 8.85. The van der Waals surface area contributed by atoms with Gasteiger partial charge < -0.3 is 4.74 Å². The molecule has 2 heterocycles. The number of fused-ring (bicyclic) bond motifs is 2. The van der Waals surface area contributed by atoms with E-state index in [2.05, 4.69) is 51.2 Å². The number of likely N-dealkylation sites (tertiary alicyclic amines) is 1. The molecule has 0 saturated carbocycles. The molecule has 1 aromatic carbocycles. The third-order valence-corrected chi connectivity index (χ3v) is 4.84. The second kappa shape index (κ2) is 5.72. The zero-order valence-corrected chi connectivity index (χ0v) is 12.2. The van der Waals surface area contributed by atoms with E-state index in [-0.39, 0.29) is 0 Å². The van der Waals surface area contributed by atoms with Gasteiger partial charge in [-0.3, -0.25) is 4.90 Å². The molecule has 3 unspecified atom stereocenters. The van der Waals surface area contributed by atoms with E-state index in [9.17, 15) is 0 Å². The standard InChI is InChI=1S/C15H20BrNO/c16-8-13(12-4-2-1-3-5-12)9-17-10-14-6-7-15(11-17)18-14/h1-5,13-15H,6-11H2. The van der Waals surface area contributed by atoms with E-state index < -0.39 is 0 Å². The molecule has 0 spiro atoms. The summed E-state index contributed by atoms with van der Waals surface area (Å²) in [5.41, 5.74) is 1.44. The lowest BCUT2D eigenvalue weighted by molar-refractivity contribution is -0.0393. The Hall–Kier alpha value is -0.380. The predicted octanol–water partition coefficient (Wildman–Crippen LogP) is 3.03. The minimum atomic E-state index is 0.496. The minimum absolute atomic E-state index is 0.496. The normalized spacial score (nSPS) is 29.4. The van der Waals surface area contributed by atoms with E-state index in [1.54, 1.807) is 0 Å². The van der Waals surface area contributed by atoms with Crippen molar-refractivity contribution >= 4 is 15.9 Å². The third kappa shape index (κ3) is 2.79. The van der Waals surface area contributed by atoms with Gasteiger partial charge in [0.05, 0.1) is 12.2 Å². The van der Waals surface area contributed by atoms with Gasteiger partial charge in [0.25, 0.3) is 0 Å². The van der Waals surface area contributed by atoms with Crippen molar-refractivity contribution < 1.29 is 4.74 Å². The Morgan fingerprint density at radius 1 is 1.17 bits per heavy atom. The lowest BCUT2D eigenvalue weighted by Crippen LogP contribution is -2.44. The fourth-order valence-corrected chi connectivity index (χ4v) is 3.71. The van der Waals surface area contributed by atoms with Gasteiger partial charge in [0.2, 0.25) is 0 Å². The van der Waals surface area contributed by atoms with E-state index in [1.165, 1.54) is 18.4 Å². The highest BCUT2D eigenvalue weighted by Gasteiger charge is 2.34. The van der Waals surface area contributed by atoms with Crippen LogP contribution < -0.4 is 0 Å². The zero-order chi connectivity index (χ0) is 12.4. The van der Waals surface area contributed by atoms with Crippen LogP contribution in [0.25, 0.3) is 0 Å². The topological polar surface area (TPSA) is 12.5 Å². The first-order valence-electron chi connectivity index (χ1n) is 6.84. The second-order valence-corrected chi connectivity index (χ2v) is 6.09. The zero-order valence-electron chi connectivity index (χ0n) is 10.6. The van der Waals surface area contributed by atoms with Gasteiger partial charge in [0, 0.05) is 30.9 Å². The Bertz CT molecular complexity index is 371. The monoisotopic (exact) mass is 309 g/mol. The Morgan fingerprint density at radius 3 is 2.44 bits per heavy atom. The van der Waals surface area contributed by atoms with Crippen molar-refractivity contribution in [2.75, 3.05) is 25.0 Å². The van der Waals surface area contributed by atoms with Crippen molar-refractivity contribution in [3.63, 3.8) is 0 Å². The van der Waals surface area contributed by atoms with E-state index in [4.69, 9.17) is 4.74 Å². The average molecular weight is 310 g/mol. The summed E-state index contributed by atoms with van der Waals surface area (Å²) < 4.78 is 5.90. The molecule has 2 saturated heterocycles. The van der Waals surface area contributed by atoms with Crippen LogP contribution in [0.2, 0.25) is 0 Å². The molecule has 98 valence electrons. The number of alkyl halides is 1. The van der Waals surface area contributed by atoms with Crippen LogP contribution in [0.4, 0.5) is 0 Å². The number of hydrogen-bond donors (Lipinski definition) is 0. The van der Waals surface area contributed by atoms with Crippen molar-refractivity contribution in [2.45, 2.75) is 31.0 Å². The van der Waals surface area contributed by atoms with Crippen LogP contribution in [0.15, 0.2) is 30.3 Å². The molecule has 1 aromatic rings. The van der Waals surface area contributed by atoms with Crippen LogP contribution >= 0.6 is 15.9 Å². The largest absolute Gasteiger partial charge is 0.372 e. The highest BCUT2D eigenvalue weighted by atomic mass is 79.9. The fraction of sp³-hybridized carbons (Fsp3) is 0.600. The summed E-state index contributed by atoms with van der Waals surface area (Å²) in [6.45, 7) is 3.38. The van der Waals surface area contributed by atoms with Crippen LogP contribution in [-0.2, 0) is 4.74 Å². The van der Waals surface area contributed by atoms with Gasteiger partial charge >= 0.3 is 0 Å². The first-order valence-corrected chi connectivity index (χ1v) is 7.96. The Balaban J connectivity index is 1.64. The molecule has 2 aliphatic rings. The van der Waals surface area contributed by atoms with Gasteiger partial charge in [-0.05, 0) is 18.4 Å². The van der Waals surface area contributed by atoms with Gasteiger partial charge in [-0.15, -0.1) is 0 Å². The van der Waals surface area contributed by atoms with E-state index >= 15 is 0 Å². The van der Waals surface area contributed by atoms with Crippen molar-refractivity contribution in [2.24, 2.45) is 0 Å². The van der Waals surface area contributed by atoms with Crippen molar-refractivity contribution in [3.05, 3.63) is 35.9 Å². The summed E-state index contributed by atoms with van der Waals surface area (Å²) >= 11 is 3.67. The Morgan fingerprint density at radius 2 is 1.83 bits per heavy atom. The second-order valence-electron chi connectivity index (χ2n) is 5.44. The molecule has 3 heteroatoms. The van der Waals surface area contributed by atoms with E-state index in [0.717, 1.165) is 25.0 Å². The molecule has 2 aliphatic heterocycles. The fourth-order valence-electron chi connectivity index (χ4n) is 3.13. The smallest absolute Gasteiger partial charge is 0.0707 e. The molecule has 3 rings (SSSR count). The minimum Gasteiger partial charge on any atom is -0.372 e. The molecule has 0 radical (unpaired) electrons. The van der Waals surface area contributed by atoms with Gasteiger partial charge in [-0.25, -0.2) is 0 Å². The Labute approximate surface area is 117 Å². The average Bonchev–Trinajstić information content (AvgIpc) is 2.76. The quantitative estimate of drug-likeness (QED) is 0.793. The molecular formula is C15H20BrNO. The summed E-state index contributed by atoms with van der Waals surface area (Å²) in [6.07, 6.45) is 3.50. The van der Waals surface area contributed by atoms with Gasteiger partial charge in [-0.1, -0.05) is 46.3 Å². The Kier molecular flexibility index (Phi) is 4.02. The predicted molar refractivity (Wildman–Crippen MR) is 77.3 cm³/mol. The molecule has 0 aromatic heterocycles. The van der Waals surface area contributed by atoms with Crippen LogP contribution in [0.3, 0.4) is 0 Å². The SMILES string of the molecule is BrCC(CN1CC2CCC(C1)O2)c1ccccc1. The van der Waals surface area contributed by atoms with Crippen LogP contribution in [0.5, 0.6) is 0 Å². The molecule has 0 aliphatic carbocycles. The summed E-state index contributed by atoms with van der Waals surface area (Å²) in [5, 5.41) is 1.03. The maximum Gasteiger partial charge on any atom is 0.0707 e. The maximum absolute atomic E-state index is 5.90. The number of ether oxygens (including phenoxy) is 1. The summed E-state index contributed by atoms with van der Waals surface area (Å²) in [6, 6.07) is 10.8. The van der Waals surface area contributed by atoms with Crippen LogP contribution in [-0.4, -0.2) is 42.1 Å². The molecular weight excluding hydrogens is 290 g/mol. The molecule has 2 bridgehead atoms. The molecule has 0 N–H and O–H groups in total. The number of morpholine rings is 1. The molecule has 0 amide bonds. The molecule has 2 fully saturated rings. The van der Waals surface area contributed by atoms with E-state index in [0.29, 0.717) is 18.1 Å². The van der Waals surface area contributed by atoms with Gasteiger partial charge in [0.15, 0.2) is 0 Å². The highest BCUT2D eigenvalue weighted by Crippen LogP contribution is 2.28. The molecule has 2 nitrogen and oxygen atoms in total. The molecule has 3 atom stereocenters. The highest BCUT2D eigenvalue weighted by molar-refractivity contribution is 9.09. The van der Waals surface area contributed by atoms with Gasteiger partial charge in [-0.2, -0.15) is 0 Å². The van der Waals surface area contributed by atoms with Crippen molar-refractivity contribution in [1.82, 2.24) is 4.90 Å². The lowest BCUT2D eigenvalue weighted by atomic mass is 10.0. The lowest BCUT2D eigenvalue weighted by Gasteiger charge is -2.34. The van der Waals surface area contributed by atoms with Gasteiger partial charge in [0.1, 0.15) is 0 Å². The number of rotatable bonds is 4. The number of benzene rings is 1. The summed E-state index contributed by atoms with van der Waals surface area (Å²) in [5.74, 6) is 0.587. The van der Waals surface area contributed by atoms with Crippen molar-refractivity contribution in [1.29, 1.82) is 0 Å². The number of nitrogens with zero attached hydrogens (tertiary/aromatic N) is 1.